The van der Waals surface area contributed by atoms with Gasteiger partial charge in [0.25, 0.3) is 0 Å². The number of hydrogen-bond acceptors (Lipinski definition) is 2. The van der Waals surface area contributed by atoms with Gasteiger partial charge in [-0.1, -0.05) is 35.9 Å². The zero-order valence-corrected chi connectivity index (χ0v) is 10.8. The molecule has 0 bridgehead atoms. The van der Waals surface area contributed by atoms with Gasteiger partial charge in [0.15, 0.2) is 0 Å². The monoisotopic (exact) mass is 282 g/mol. The number of benzene rings is 2. The molecule has 0 saturated heterocycles. The van der Waals surface area contributed by atoms with Crippen LogP contribution in [0.3, 0.4) is 0 Å². The van der Waals surface area contributed by atoms with Crippen LogP contribution in [0, 0.1) is 11.6 Å². The topological polar surface area (TPSA) is 38.0 Å². The van der Waals surface area contributed by atoms with Crippen molar-refractivity contribution in [2.24, 2.45) is 5.84 Å². The van der Waals surface area contributed by atoms with E-state index in [2.05, 4.69) is 5.43 Å². The lowest BCUT2D eigenvalue weighted by Crippen LogP contribution is -2.29. The summed E-state index contributed by atoms with van der Waals surface area (Å²) in [6.45, 7) is 0. The molecule has 0 aliphatic carbocycles. The minimum atomic E-state index is -0.520. The second-order valence-electron chi connectivity index (χ2n) is 4.19. The lowest BCUT2D eigenvalue weighted by Gasteiger charge is -2.17. The number of hydrazine groups is 1. The summed E-state index contributed by atoms with van der Waals surface area (Å²) in [6, 6.07) is 10.4. The van der Waals surface area contributed by atoms with Gasteiger partial charge >= 0.3 is 0 Å². The van der Waals surface area contributed by atoms with Crippen LogP contribution in [0.25, 0.3) is 0 Å². The zero-order chi connectivity index (χ0) is 13.8. The molecule has 19 heavy (non-hydrogen) atoms. The van der Waals surface area contributed by atoms with Crippen molar-refractivity contribution < 1.29 is 8.78 Å². The van der Waals surface area contributed by atoms with Crippen LogP contribution in [0.2, 0.25) is 5.02 Å². The second-order valence-corrected chi connectivity index (χ2v) is 4.60. The van der Waals surface area contributed by atoms with Crippen LogP contribution >= 0.6 is 11.6 Å². The molecule has 3 N–H and O–H groups in total. The van der Waals surface area contributed by atoms with E-state index in [1.165, 1.54) is 18.2 Å². The van der Waals surface area contributed by atoms with Gasteiger partial charge in [0, 0.05) is 0 Å². The quantitative estimate of drug-likeness (QED) is 0.666. The lowest BCUT2D eigenvalue weighted by molar-refractivity contribution is 0.525. The largest absolute Gasteiger partial charge is 0.271 e. The molecule has 100 valence electrons. The molecular formula is C14H13ClF2N2. The Balaban J connectivity index is 2.25. The molecule has 0 aliphatic heterocycles. The summed E-state index contributed by atoms with van der Waals surface area (Å²) in [7, 11) is 0. The van der Waals surface area contributed by atoms with E-state index in [1.54, 1.807) is 24.3 Å². The van der Waals surface area contributed by atoms with Crippen LogP contribution in [0.4, 0.5) is 8.78 Å². The number of hydrogen-bond donors (Lipinski definition) is 2. The third-order valence-corrected chi connectivity index (χ3v) is 3.24. The van der Waals surface area contributed by atoms with Crippen LogP contribution in [0.15, 0.2) is 42.5 Å². The molecule has 0 spiro atoms. The van der Waals surface area contributed by atoms with Crippen LogP contribution in [-0.2, 0) is 6.42 Å². The summed E-state index contributed by atoms with van der Waals surface area (Å²) >= 11 is 5.63. The Bertz CT molecular complexity index is 575. The molecule has 2 nitrogen and oxygen atoms in total. The molecule has 0 aromatic heterocycles. The summed E-state index contributed by atoms with van der Waals surface area (Å²) in [4.78, 5) is 0. The number of rotatable bonds is 4. The Kier molecular flexibility index (Phi) is 4.47. The highest BCUT2D eigenvalue weighted by Crippen LogP contribution is 2.23. The standard InChI is InChI=1S/C14H13ClF2N2/c15-11-6-5-10(7-13(11)17)14(19-18)8-9-3-1-2-4-12(9)16/h1-7,14,19H,8,18H2. The molecule has 5 heteroatoms. The van der Waals surface area contributed by atoms with Crippen LogP contribution in [-0.4, -0.2) is 0 Å². The molecule has 0 heterocycles. The van der Waals surface area contributed by atoms with E-state index in [4.69, 9.17) is 17.4 Å². The fourth-order valence-corrected chi connectivity index (χ4v) is 2.00. The van der Waals surface area contributed by atoms with Crippen molar-refractivity contribution in [3.63, 3.8) is 0 Å². The normalized spacial score (nSPS) is 12.4. The van der Waals surface area contributed by atoms with E-state index in [9.17, 15) is 8.78 Å². The molecule has 2 aromatic carbocycles. The van der Waals surface area contributed by atoms with Crippen molar-refractivity contribution in [1.29, 1.82) is 0 Å². The minimum Gasteiger partial charge on any atom is -0.271 e. The predicted octanol–water partition coefficient (Wildman–Crippen LogP) is 3.37. The van der Waals surface area contributed by atoms with Crippen molar-refractivity contribution in [3.05, 3.63) is 70.2 Å². The van der Waals surface area contributed by atoms with Gasteiger partial charge in [-0.25, -0.2) is 8.78 Å². The van der Waals surface area contributed by atoms with E-state index in [-0.39, 0.29) is 16.9 Å². The van der Waals surface area contributed by atoms with Gasteiger partial charge in [0.2, 0.25) is 0 Å². The second kappa shape index (κ2) is 6.10. The summed E-state index contributed by atoms with van der Waals surface area (Å²) in [5.41, 5.74) is 3.70. The van der Waals surface area contributed by atoms with E-state index in [1.807, 2.05) is 0 Å². The van der Waals surface area contributed by atoms with Crippen LogP contribution < -0.4 is 11.3 Å². The van der Waals surface area contributed by atoms with Crippen molar-refractivity contribution >= 4 is 11.6 Å². The zero-order valence-electron chi connectivity index (χ0n) is 10.0. The summed E-state index contributed by atoms with van der Waals surface area (Å²) < 4.78 is 27.0. The maximum absolute atomic E-state index is 13.6. The highest BCUT2D eigenvalue weighted by Gasteiger charge is 2.14. The maximum atomic E-state index is 13.6. The first-order valence-electron chi connectivity index (χ1n) is 5.76. The molecular weight excluding hydrogens is 270 g/mol. The first-order chi connectivity index (χ1) is 9.11. The highest BCUT2D eigenvalue weighted by molar-refractivity contribution is 6.30. The minimum absolute atomic E-state index is 0.0467. The van der Waals surface area contributed by atoms with E-state index >= 15 is 0 Å². The van der Waals surface area contributed by atoms with Crippen molar-refractivity contribution in [2.45, 2.75) is 12.5 Å². The first kappa shape index (κ1) is 13.9. The molecule has 0 fully saturated rings. The predicted molar refractivity (Wildman–Crippen MR) is 71.6 cm³/mol. The molecule has 1 atom stereocenters. The molecule has 0 saturated carbocycles. The van der Waals surface area contributed by atoms with Crippen molar-refractivity contribution in [3.8, 4) is 0 Å². The summed E-state index contributed by atoms with van der Waals surface area (Å²) in [5, 5.41) is 0.0467. The Morgan fingerprint density at radius 2 is 1.84 bits per heavy atom. The van der Waals surface area contributed by atoms with E-state index in [0.717, 1.165) is 0 Å². The van der Waals surface area contributed by atoms with Gasteiger partial charge in [-0.2, -0.15) is 0 Å². The molecule has 0 radical (unpaired) electrons. The Morgan fingerprint density at radius 3 is 2.47 bits per heavy atom. The smallest absolute Gasteiger partial charge is 0.142 e. The van der Waals surface area contributed by atoms with E-state index < -0.39 is 5.82 Å². The van der Waals surface area contributed by atoms with Crippen LogP contribution in [0.5, 0.6) is 0 Å². The molecule has 0 amide bonds. The fourth-order valence-electron chi connectivity index (χ4n) is 1.89. The number of nitrogens with one attached hydrogen (secondary N) is 1. The van der Waals surface area contributed by atoms with Gasteiger partial charge in [-0.3, -0.25) is 11.3 Å². The summed E-state index contributed by atoms with van der Waals surface area (Å²) in [5.74, 6) is 4.63. The Morgan fingerprint density at radius 1 is 1.11 bits per heavy atom. The van der Waals surface area contributed by atoms with Gasteiger partial charge in [-0.05, 0) is 35.7 Å². The van der Waals surface area contributed by atoms with Gasteiger partial charge < -0.3 is 0 Å². The number of halogens is 3. The average Bonchev–Trinajstić information content (AvgIpc) is 2.41. The molecule has 2 rings (SSSR count). The molecule has 2 aromatic rings. The Labute approximate surface area is 115 Å². The van der Waals surface area contributed by atoms with E-state index in [0.29, 0.717) is 17.5 Å². The first-order valence-corrected chi connectivity index (χ1v) is 6.14. The number of nitrogens with two attached hydrogens (primary N) is 1. The molecule has 1 unspecified atom stereocenters. The van der Waals surface area contributed by atoms with Crippen LogP contribution in [0.1, 0.15) is 17.2 Å². The molecule has 0 aliphatic rings. The van der Waals surface area contributed by atoms with Crippen molar-refractivity contribution in [2.75, 3.05) is 0 Å². The third-order valence-electron chi connectivity index (χ3n) is 2.93. The van der Waals surface area contributed by atoms with Gasteiger partial charge in [0.05, 0.1) is 11.1 Å². The Hall–Kier alpha value is -1.49. The SMILES string of the molecule is NNC(Cc1ccccc1F)c1ccc(Cl)c(F)c1. The third kappa shape index (κ3) is 3.29. The maximum Gasteiger partial charge on any atom is 0.142 e. The lowest BCUT2D eigenvalue weighted by atomic mass is 9.99. The van der Waals surface area contributed by atoms with Gasteiger partial charge in [0.1, 0.15) is 11.6 Å². The van der Waals surface area contributed by atoms with Crippen molar-refractivity contribution in [1.82, 2.24) is 5.43 Å². The summed E-state index contributed by atoms with van der Waals surface area (Å²) in [6.07, 6.45) is 0.324. The highest BCUT2D eigenvalue weighted by atomic mass is 35.5. The fraction of sp³-hybridized carbons (Fsp3) is 0.143. The van der Waals surface area contributed by atoms with Gasteiger partial charge in [-0.15, -0.1) is 0 Å². The average molecular weight is 283 g/mol.